The minimum atomic E-state index is 0.223. The zero-order valence-electron chi connectivity index (χ0n) is 7.48. The van der Waals surface area contributed by atoms with Gasteiger partial charge in [-0.05, 0) is 12.1 Å². The number of aromatic hydroxyl groups is 1. The Morgan fingerprint density at radius 2 is 2.29 bits per heavy atom. The van der Waals surface area contributed by atoms with E-state index in [0.717, 1.165) is 16.4 Å². The van der Waals surface area contributed by atoms with Crippen LogP contribution in [0.4, 0.5) is 0 Å². The molecular weight excluding hydrogens is 200 g/mol. The predicted octanol–water partition coefficient (Wildman–Crippen LogP) is 2.43. The molecule has 0 spiro atoms. The highest BCUT2D eigenvalue weighted by molar-refractivity contribution is 7.17. The highest BCUT2D eigenvalue weighted by Crippen LogP contribution is 2.35. The van der Waals surface area contributed by atoms with Crippen molar-refractivity contribution in [2.24, 2.45) is 0 Å². The van der Waals surface area contributed by atoms with Crippen molar-refractivity contribution in [2.45, 2.75) is 0 Å². The zero-order valence-corrected chi connectivity index (χ0v) is 8.30. The number of carbonyl (C=O) groups excluding carboxylic acids is 1. The van der Waals surface area contributed by atoms with E-state index < -0.39 is 0 Å². The third kappa shape index (κ3) is 1.24. The summed E-state index contributed by atoms with van der Waals surface area (Å²) in [5, 5.41) is 11.8. The summed E-state index contributed by atoms with van der Waals surface area (Å²) >= 11 is 1.40. The second kappa shape index (κ2) is 3.31. The zero-order chi connectivity index (χ0) is 10.1. The Morgan fingerprint density at radius 3 is 2.93 bits per heavy atom. The lowest BCUT2D eigenvalue weighted by molar-refractivity contribution is 0.112. The van der Waals surface area contributed by atoms with Crippen LogP contribution in [0.15, 0.2) is 17.5 Å². The molecule has 1 heterocycles. The number of benzene rings is 1. The summed E-state index contributed by atoms with van der Waals surface area (Å²) in [7, 11) is 1.50. The van der Waals surface area contributed by atoms with Crippen molar-refractivity contribution in [1.29, 1.82) is 0 Å². The van der Waals surface area contributed by atoms with Crippen LogP contribution in [0.2, 0.25) is 0 Å². The van der Waals surface area contributed by atoms with Crippen LogP contribution in [0.1, 0.15) is 10.4 Å². The fourth-order valence-electron chi connectivity index (χ4n) is 1.33. The van der Waals surface area contributed by atoms with Crippen molar-refractivity contribution >= 4 is 27.7 Å². The van der Waals surface area contributed by atoms with E-state index in [2.05, 4.69) is 0 Å². The Morgan fingerprint density at radius 1 is 1.50 bits per heavy atom. The lowest BCUT2D eigenvalue weighted by Crippen LogP contribution is -1.89. The SMILES string of the molecule is COc1cc2c(O)csc2cc1C=O. The summed E-state index contributed by atoms with van der Waals surface area (Å²) in [6.45, 7) is 0. The van der Waals surface area contributed by atoms with Crippen molar-refractivity contribution in [1.82, 2.24) is 0 Å². The lowest BCUT2D eigenvalue weighted by atomic mass is 10.1. The molecule has 0 atom stereocenters. The number of ether oxygens (including phenoxy) is 1. The molecule has 0 radical (unpaired) electrons. The van der Waals surface area contributed by atoms with E-state index in [9.17, 15) is 9.90 Å². The van der Waals surface area contributed by atoms with Crippen LogP contribution in [0.3, 0.4) is 0 Å². The molecule has 72 valence electrons. The fraction of sp³-hybridized carbons (Fsp3) is 0.100. The van der Waals surface area contributed by atoms with Crippen LogP contribution in [-0.4, -0.2) is 18.5 Å². The van der Waals surface area contributed by atoms with E-state index in [-0.39, 0.29) is 5.75 Å². The topological polar surface area (TPSA) is 46.5 Å². The molecule has 4 heteroatoms. The van der Waals surface area contributed by atoms with Crippen molar-refractivity contribution in [3.63, 3.8) is 0 Å². The Kier molecular flexibility index (Phi) is 2.13. The van der Waals surface area contributed by atoms with Gasteiger partial charge in [-0.1, -0.05) is 0 Å². The molecule has 0 aliphatic rings. The van der Waals surface area contributed by atoms with E-state index in [1.54, 1.807) is 17.5 Å². The Bertz CT molecular complexity index is 487. The average Bonchev–Trinajstić information content (AvgIpc) is 2.58. The Labute approximate surface area is 84.6 Å². The first-order valence-electron chi connectivity index (χ1n) is 3.99. The molecular formula is C10H8O3S. The van der Waals surface area contributed by atoms with Gasteiger partial charge in [0, 0.05) is 15.5 Å². The maximum atomic E-state index is 10.7. The molecule has 1 aromatic carbocycles. The highest BCUT2D eigenvalue weighted by atomic mass is 32.1. The van der Waals surface area contributed by atoms with Crippen LogP contribution in [0.25, 0.3) is 10.1 Å². The number of hydrogen-bond donors (Lipinski definition) is 1. The van der Waals surface area contributed by atoms with E-state index in [4.69, 9.17) is 4.74 Å². The summed E-state index contributed by atoms with van der Waals surface area (Å²) in [4.78, 5) is 10.7. The van der Waals surface area contributed by atoms with Gasteiger partial charge in [0.15, 0.2) is 6.29 Å². The summed E-state index contributed by atoms with van der Waals surface area (Å²) in [6.07, 6.45) is 0.745. The molecule has 0 fully saturated rings. The summed E-state index contributed by atoms with van der Waals surface area (Å²) in [5.74, 6) is 0.710. The second-order valence-electron chi connectivity index (χ2n) is 2.83. The second-order valence-corrected chi connectivity index (χ2v) is 3.74. The van der Waals surface area contributed by atoms with Crippen LogP contribution in [-0.2, 0) is 0 Å². The van der Waals surface area contributed by atoms with Gasteiger partial charge in [0.05, 0.1) is 12.7 Å². The van der Waals surface area contributed by atoms with E-state index >= 15 is 0 Å². The maximum Gasteiger partial charge on any atom is 0.153 e. The number of aldehydes is 1. The van der Waals surface area contributed by atoms with Gasteiger partial charge in [0.2, 0.25) is 0 Å². The standard InChI is InChI=1S/C10H8O3S/c1-13-9-3-7-8(12)5-14-10(7)2-6(9)4-11/h2-5,12H,1H3. The molecule has 0 saturated carbocycles. The number of carbonyl (C=O) groups is 1. The molecule has 2 aromatic rings. The van der Waals surface area contributed by atoms with Gasteiger partial charge in [0.1, 0.15) is 11.5 Å². The quantitative estimate of drug-likeness (QED) is 0.771. The largest absolute Gasteiger partial charge is 0.506 e. The number of hydrogen-bond acceptors (Lipinski definition) is 4. The highest BCUT2D eigenvalue weighted by Gasteiger charge is 2.08. The summed E-state index contributed by atoms with van der Waals surface area (Å²) in [6, 6.07) is 3.39. The fourth-order valence-corrected chi connectivity index (χ4v) is 2.18. The number of thiophene rings is 1. The van der Waals surface area contributed by atoms with E-state index in [1.165, 1.54) is 18.4 Å². The van der Waals surface area contributed by atoms with Crippen LogP contribution < -0.4 is 4.74 Å². The average molecular weight is 208 g/mol. The smallest absolute Gasteiger partial charge is 0.153 e. The van der Waals surface area contributed by atoms with E-state index in [0.29, 0.717) is 11.3 Å². The van der Waals surface area contributed by atoms with Gasteiger partial charge in [-0.25, -0.2) is 0 Å². The summed E-state index contributed by atoms with van der Waals surface area (Å²) in [5.41, 5.74) is 0.502. The van der Waals surface area contributed by atoms with Gasteiger partial charge >= 0.3 is 0 Å². The lowest BCUT2D eigenvalue weighted by Gasteiger charge is -2.02. The van der Waals surface area contributed by atoms with Crippen LogP contribution in [0, 0.1) is 0 Å². The van der Waals surface area contributed by atoms with Crippen molar-refractivity contribution < 1.29 is 14.6 Å². The molecule has 3 nitrogen and oxygen atoms in total. The molecule has 0 aliphatic carbocycles. The predicted molar refractivity (Wildman–Crippen MR) is 55.4 cm³/mol. The maximum absolute atomic E-state index is 10.7. The van der Waals surface area contributed by atoms with Gasteiger partial charge in [-0.15, -0.1) is 11.3 Å². The molecule has 0 amide bonds. The Hall–Kier alpha value is -1.55. The number of fused-ring (bicyclic) bond motifs is 1. The molecule has 0 aliphatic heterocycles. The summed E-state index contributed by atoms with van der Waals surface area (Å²) < 4.78 is 5.91. The monoisotopic (exact) mass is 208 g/mol. The molecule has 1 aromatic heterocycles. The molecule has 0 bridgehead atoms. The van der Waals surface area contributed by atoms with Crippen molar-refractivity contribution in [3.05, 3.63) is 23.1 Å². The van der Waals surface area contributed by atoms with Crippen molar-refractivity contribution in [2.75, 3.05) is 7.11 Å². The first kappa shape index (κ1) is 9.02. The Balaban J connectivity index is 2.77. The molecule has 1 N–H and O–H groups in total. The van der Waals surface area contributed by atoms with Gasteiger partial charge in [0.25, 0.3) is 0 Å². The first-order valence-corrected chi connectivity index (χ1v) is 4.87. The normalized spacial score (nSPS) is 10.4. The van der Waals surface area contributed by atoms with Gasteiger partial charge in [-0.2, -0.15) is 0 Å². The van der Waals surface area contributed by atoms with Crippen LogP contribution in [0.5, 0.6) is 11.5 Å². The molecule has 14 heavy (non-hydrogen) atoms. The minimum Gasteiger partial charge on any atom is -0.506 e. The number of methoxy groups -OCH3 is 1. The van der Waals surface area contributed by atoms with Gasteiger partial charge < -0.3 is 9.84 Å². The molecule has 0 saturated heterocycles. The molecule has 2 rings (SSSR count). The van der Waals surface area contributed by atoms with Crippen molar-refractivity contribution in [3.8, 4) is 11.5 Å². The van der Waals surface area contributed by atoms with E-state index in [1.807, 2.05) is 0 Å². The van der Waals surface area contributed by atoms with Crippen LogP contribution >= 0.6 is 11.3 Å². The molecule has 0 unspecified atom stereocenters. The minimum absolute atomic E-state index is 0.223. The third-order valence-corrected chi connectivity index (χ3v) is 2.97. The van der Waals surface area contributed by atoms with Gasteiger partial charge in [-0.3, -0.25) is 4.79 Å². The number of rotatable bonds is 2. The first-order chi connectivity index (χ1) is 6.76. The third-order valence-electron chi connectivity index (χ3n) is 2.03.